The SMILES string of the molecule is CCC[Si](CCC)(OC(=O)C(C)(CC)[Si](OC)OC)C(C)C. The molecule has 0 aliphatic carbocycles. The van der Waals surface area contributed by atoms with Gasteiger partial charge in [0.05, 0.1) is 0 Å². The van der Waals surface area contributed by atoms with Crippen LogP contribution in [0.15, 0.2) is 0 Å². The molecule has 22 heavy (non-hydrogen) atoms. The van der Waals surface area contributed by atoms with Gasteiger partial charge in [0.15, 0.2) is 0 Å². The summed E-state index contributed by atoms with van der Waals surface area (Å²) in [4.78, 5) is 13.0. The van der Waals surface area contributed by atoms with Crippen LogP contribution >= 0.6 is 0 Å². The second-order valence-corrected chi connectivity index (χ2v) is 13.5. The van der Waals surface area contributed by atoms with Crippen LogP contribution in [0.1, 0.15) is 60.8 Å². The lowest BCUT2D eigenvalue weighted by atomic mass is 10.1. The third-order valence-corrected chi connectivity index (χ3v) is 12.3. The van der Waals surface area contributed by atoms with Crippen LogP contribution < -0.4 is 0 Å². The molecule has 1 atom stereocenters. The summed E-state index contributed by atoms with van der Waals surface area (Å²) in [6.45, 7) is 12.7. The maximum atomic E-state index is 13.0. The summed E-state index contributed by atoms with van der Waals surface area (Å²) >= 11 is 0. The summed E-state index contributed by atoms with van der Waals surface area (Å²) in [5.74, 6) is -0.116. The first-order valence-corrected chi connectivity index (χ1v) is 12.2. The Morgan fingerprint density at radius 3 is 1.82 bits per heavy atom. The van der Waals surface area contributed by atoms with Crippen LogP contribution in [0.2, 0.25) is 22.7 Å². The van der Waals surface area contributed by atoms with Crippen molar-refractivity contribution in [2.24, 2.45) is 0 Å². The second kappa shape index (κ2) is 9.85. The molecule has 6 heteroatoms. The molecule has 0 rings (SSSR count). The van der Waals surface area contributed by atoms with Gasteiger partial charge in [0, 0.05) is 14.2 Å². The van der Waals surface area contributed by atoms with Gasteiger partial charge in [-0.15, -0.1) is 0 Å². The summed E-state index contributed by atoms with van der Waals surface area (Å²) in [5.41, 5.74) is 0.429. The van der Waals surface area contributed by atoms with Crippen LogP contribution in [0.4, 0.5) is 0 Å². The highest BCUT2D eigenvalue weighted by Gasteiger charge is 2.50. The Bertz CT molecular complexity index is 326. The van der Waals surface area contributed by atoms with E-state index in [1.807, 2.05) is 13.8 Å². The maximum absolute atomic E-state index is 13.0. The zero-order valence-electron chi connectivity index (χ0n) is 15.7. The highest BCUT2D eigenvalue weighted by Crippen LogP contribution is 2.40. The fourth-order valence-corrected chi connectivity index (χ4v) is 8.78. The van der Waals surface area contributed by atoms with Crippen molar-refractivity contribution in [2.75, 3.05) is 14.2 Å². The third kappa shape index (κ3) is 4.91. The molecular formula is C16H35O4Si2. The molecule has 0 bridgehead atoms. The molecule has 0 heterocycles. The van der Waals surface area contributed by atoms with Gasteiger partial charge in [-0.1, -0.05) is 47.5 Å². The Labute approximate surface area is 139 Å². The first-order chi connectivity index (χ1) is 10.3. The van der Waals surface area contributed by atoms with Crippen LogP contribution in [0, 0.1) is 0 Å². The van der Waals surface area contributed by atoms with Crippen LogP contribution in [0.25, 0.3) is 0 Å². The lowest BCUT2D eigenvalue weighted by Crippen LogP contribution is -2.49. The summed E-state index contributed by atoms with van der Waals surface area (Å²) in [6.07, 6.45) is 2.79. The number of carbonyl (C=O) groups excluding carboxylic acids is 1. The quantitative estimate of drug-likeness (QED) is 0.510. The van der Waals surface area contributed by atoms with Crippen molar-refractivity contribution in [2.45, 2.75) is 83.5 Å². The second-order valence-electron chi connectivity index (χ2n) is 6.49. The number of carbonyl (C=O) groups is 1. The van der Waals surface area contributed by atoms with Crippen molar-refractivity contribution in [3.05, 3.63) is 0 Å². The minimum Gasteiger partial charge on any atom is -0.518 e. The minimum atomic E-state index is -2.08. The standard InChI is InChI=1S/C16H35O4Si2/c1-9-12-22(13-10-2,14(4)5)20-15(17)16(6,11-3)21(18-7)19-8/h14H,9-13H2,1-8H3. The van der Waals surface area contributed by atoms with E-state index >= 15 is 0 Å². The monoisotopic (exact) mass is 347 g/mol. The zero-order chi connectivity index (χ0) is 17.4. The van der Waals surface area contributed by atoms with E-state index in [0.717, 1.165) is 24.9 Å². The molecule has 0 aliphatic heterocycles. The van der Waals surface area contributed by atoms with Crippen LogP contribution in [-0.2, 0) is 18.1 Å². The van der Waals surface area contributed by atoms with Crippen molar-refractivity contribution in [3.8, 4) is 0 Å². The smallest absolute Gasteiger partial charge is 0.402 e. The van der Waals surface area contributed by atoms with Crippen molar-refractivity contribution >= 4 is 23.6 Å². The predicted octanol–water partition coefficient (Wildman–Crippen LogP) is 4.66. The van der Waals surface area contributed by atoms with Crippen LogP contribution in [0.5, 0.6) is 0 Å². The summed E-state index contributed by atoms with van der Waals surface area (Å²) in [5, 5.41) is -0.664. The van der Waals surface area contributed by atoms with E-state index in [2.05, 4.69) is 27.7 Å². The minimum absolute atomic E-state index is 0.116. The summed E-state index contributed by atoms with van der Waals surface area (Å²) in [7, 11) is -0.536. The van der Waals surface area contributed by atoms with E-state index < -0.39 is 22.6 Å². The number of hydrogen-bond donors (Lipinski definition) is 0. The van der Waals surface area contributed by atoms with Gasteiger partial charge >= 0.3 is 9.28 Å². The number of rotatable bonds is 11. The number of hydrogen-bond acceptors (Lipinski definition) is 4. The molecule has 0 N–H and O–H groups in total. The molecule has 0 saturated heterocycles. The van der Waals surface area contributed by atoms with Gasteiger partial charge in [-0.2, -0.15) is 0 Å². The summed E-state index contributed by atoms with van der Waals surface area (Å²) in [6, 6.07) is 2.07. The molecule has 0 fully saturated rings. The molecule has 0 saturated carbocycles. The van der Waals surface area contributed by atoms with E-state index in [4.69, 9.17) is 13.3 Å². The average molecular weight is 348 g/mol. The Balaban J connectivity index is 5.46. The van der Waals surface area contributed by atoms with E-state index in [1.165, 1.54) is 0 Å². The van der Waals surface area contributed by atoms with Gasteiger partial charge in [0.25, 0.3) is 14.3 Å². The topological polar surface area (TPSA) is 44.8 Å². The Morgan fingerprint density at radius 2 is 1.55 bits per heavy atom. The van der Waals surface area contributed by atoms with Gasteiger partial charge in [0.1, 0.15) is 5.04 Å². The van der Waals surface area contributed by atoms with E-state index in [-0.39, 0.29) is 5.97 Å². The van der Waals surface area contributed by atoms with Crippen LogP contribution in [-0.4, -0.2) is 37.8 Å². The highest BCUT2D eigenvalue weighted by molar-refractivity contribution is 6.77. The van der Waals surface area contributed by atoms with Crippen LogP contribution in [0.3, 0.4) is 0 Å². The van der Waals surface area contributed by atoms with E-state index in [0.29, 0.717) is 12.0 Å². The molecular weight excluding hydrogens is 312 g/mol. The Morgan fingerprint density at radius 1 is 1.09 bits per heavy atom. The van der Waals surface area contributed by atoms with Crippen molar-refractivity contribution in [3.63, 3.8) is 0 Å². The third-order valence-electron chi connectivity index (χ3n) is 4.67. The first-order valence-electron chi connectivity index (χ1n) is 8.46. The van der Waals surface area contributed by atoms with Crippen molar-refractivity contribution in [1.29, 1.82) is 0 Å². The molecule has 1 unspecified atom stereocenters. The van der Waals surface area contributed by atoms with Gasteiger partial charge in [-0.25, -0.2) is 0 Å². The fourth-order valence-electron chi connectivity index (χ4n) is 2.97. The Kier molecular flexibility index (Phi) is 9.77. The van der Waals surface area contributed by atoms with Crippen molar-refractivity contribution in [1.82, 2.24) is 0 Å². The average Bonchev–Trinajstić information content (AvgIpc) is 2.48. The molecule has 0 spiro atoms. The first kappa shape index (κ1) is 21.8. The fraction of sp³-hybridized carbons (Fsp3) is 0.938. The van der Waals surface area contributed by atoms with E-state index in [9.17, 15) is 4.79 Å². The molecule has 0 aromatic rings. The Hall–Kier alpha value is -0.176. The molecule has 131 valence electrons. The molecule has 1 radical (unpaired) electrons. The molecule has 4 nitrogen and oxygen atoms in total. The van der Waals surface area contributed by atoms with E-state index in [1.54, 1.807) is 14.2 Å². The molecule has 0 aromatic heterocycles. The lowest BCUT2D eigenvalue weighted by molar-refractivity contribution is -0.139. The van der Waals surface area contributed by atoms with Gasteiger partial charge < -0.3 is 13.3 Å². The van der Waals surface area contributed by atoms with Crippen molar-refractivity contribution < 1.29 is 18.1 Å². The zero-order valence-corrected chi connectivity index (χ0v) is 17.7. The normalized spacial score (nSPS) is 15.2. The molecule has 0 amide bonds. The molecule has 0 aliphatic rings. The molecule has 0 aromatic carbocycles. The van der Waals surface area contributed by atoms with Gasteiger partial charge in [-0.05, 0) is 31.0 Å². The summed E-state index contributed by atoms with van der Waals surface area (Å²) < 4.78 is 17.2. The van der Waals surface area contributed by atoms with Gasteiger partial charge in [-0.3, -0.25) is 4.79 Å². The lowest BCUT2D eigenvalue weighted by Gasteiger charge is -2.39. The van der Waals surface area contributed by atoms with Gasteiger partial charge in [0.2, 0.25) is 0 Å². The predicted molar refractivity (Wildman–Crippen MR) is 95.6 cm³/mol. The largest absolute Gasteiger partial charge is 0.518 e. The maximum Gasteiger partial charge on any atom is 0.402 e. The highest BCUT2D eigenvalue weighted by atomic mass is 28.4.